The monoisotopic (exact) mass is 272 g/mol. The highest BCUT2D eigenvalue weighted by molar-refractivity contribution is 5.42. The Morgan fingerprint density at radius 3 is 2.80 bits per heavy atom. The number of nitrogens with one attached hydrogen (secondary N) is 1. The predicted octanol–water partition coefficient (Wildman–Crippen LogP) is 2.96. The second-order valence-corrected chi connectivity index (χ2v) is 4.80. The number of hydrogen-bond donors (Lipinski definition) is 2. The maximum absolute atomic E-state index is 9.60. The molecule has 4 heteroatoms. The summed E-state index contributed by atoms with van der Waals surface area (Å²) in [4.78, 5) is 4.46. The maximum atomic E-state index is 9.60. The molecule has 0 amide bonds. The van der Waals surface area contributed by atoms with Crippen LogP contribution < -0.4 is 10.1 Å². The van der Waals surface area contributed by atoms with E-state index in [-0.39, 0.29) is 11.8 Å². The van der Waals surface area contributed by atoms with Crippen molar-refractivity contribution in [1.82, 2.24) is 10.3 Å². The standard InChI is InChI=1S/C16H20N2O2/c1-11-5-4-6-14(18-11)10-17-12(2)13-7-8-15(19)16(9-13)20-3/h4-9,12,17,19H,10H2,1-3H3. The summed E-state index contributed by atoms with van der Waals surface area (Å²) in [5.41, 5.74) is 3.10. The van der Waals surface area contributed by atoms with Gasteiger partial charge in [-0.3, -0.25) is 4.98 Å². The molecule has 4 nitrogen and oxygen atoms in total. The van der Waals surface area contributed by atoms with Crippen LogP contribution in [0.25, 0.3) is 0 Å². The minimum absolute atomic E-state index is 0.145. The van der Waals surface area contributed by atoms with Gasteiger partial charge in [0.25, 0.3) is 0 Å². The molecule has 0 radical (unpaired) electrons. The van der Waals surface area contributed by atoms with Crippen molar-refractivity contribution in [2.75, 3.05) is 7.11 Å². The van der Waals surface area contributed by atoms with Crippen LogP contribution >= 0.6 is 0 Å². The molecule has 0 bridgehead atoms. The first-order chi connectivity index (χ1) is 9.60. The molecule has 0 aliphatic heterocycles. The normalized spacial score (nSPS) is 12.2. The molecule has 2 N–H and O–H groups in total. The van der Waals surface area contributed by atoms with Crippen LogP contribution in [0.5, 0.6) is 11.5 Å². The van der Waals surface area contributed by atoms with E-state index in [0.29, 0.717) is 12.3 Å². The second-order valence-electron chi connectivity index (χ2n) is 4.80. The highest BCUT2D eigenvalue weighted by Gasteiger charge is 2.09. The lowest BCUT2D eigenvalue weighted by molar-refractivity contribution is 0.372. The summed E-state index contributed by atoms with van der Waals surface area (Å²) >= 11 is 0. The number of pyridine rings is 1. The lowest BCUT2D eigenvalue weighted by Crippen LogP contribution is -2.18. The smallest absolute Gasteiger partial charge is 0.160 e. The fourth-order valence-electron chi connectivity index (χ4n) is 2.04. The number of ether oxygens (including phenoxy) is 1. The van der Waals surface area contributed by atoms with Gasteiger partial charge in [0.2, 0.25) is 0 Å². The number of nitrogens with zero attached hydrogens (tertiary/aromatic N) is 1. The molecular formula is C16H20N2O2. The molecule has 0 saturated carbocycles. The van der Waals surface area contributed by atoms with Gasteiger partial charge < -0.3 is 15.2 Å². The van der Waals surface area contributed by atoms with E-state index < -0.39 is 0 Å². The van der Waals surface area contributed by atoms with E-state index in [0.717, 1.165) is 17.0 Å². The fourth-order valence-corrected chi connectivity index (χ4v) is 2.04. The predicted molar refractivity (Wildman–Crippen MR) is 78.9 cm³/mol. The van der Waals surface area contributed by atoms with Crippen molar-refractivity contribution < 1.29 is 9.84 Å². The van der Waals surface area contributed by atoms with E-state index >= 15 is 0 Å². The number of methoxy groups -OCH3 is 1. The molecule has 0 saturated heterocycles. The number of phenols is 1. The van der Waals surface area contributed by atoms with Gasteiger partial charge >= 0.3 is 0 Å². The summed E-state index contributed by atoms with van der Waals surface area (Å²) in [6, 6.07) is 11.5. The van der Waals surface area contributed by atoms with E-state index in [2.05, 4.69) is 17.2 Å². The Morgan fingerprint density at radius 2 is 2.10 bits per heavy atom. The van der Waals surface area contributed by atoms with Crippen LogP contribution in [0.15, 0.2) is 36.4 Å². The zero-order chi connectivity index (χ0) is 14.5. The van der Waals surface area contributed by atoms with Gasteiger partial charge in [-0.15, -0.1) is 0 Å². The van der Waals surface area contributed by atoms with Crippen LogP contribution in [0.2, 0.25) is 0 Å². The molecule has 1 heterocycles. The number of aromatic hydroxyl groups is 1. The SMILES string of the molecule is COc1cc(C(C)NCc2cccc(C)n2)ccc1O. The average Bonchev–Trinajstić information content (AvgIpc) is 2.45. The lowest BCUT2D eigenvalue weighted by atomic mass is 10.1. The first-order valence-corrected chi connectivity index (χ1v) is 6.63. The summed E-state index contributed by atoms with van der Waals surface area (Å²) in [5.74, 6) is 0.647. The third-order valence-electron chi connectivity index (χ3n) is 3.24. The van der Waals surface area contributed by atoms with E-state index in [9.17, 15) is 5.11 Å². The molecule has 2 aromatic rings. The summed E-state index contributed by atoms with van der Waals surface area (Å²) in [5, 5.41) is 13.0. The van der Waals surface area contributed by atoms with Crippen molar-refractivity contribution in [3.05, 3.63) is 53.3 Å². The van der Waals surface area contributed by atoms with Crippen LogP contribution in [-0.4, -0.2) is 17.2 Å². The Balaban J connectivity index is 2.03. The van der Waals surface area contributed by atoms with Crippen molar-refractivity contribution in [2.45, 2.75) is 26.4 Å². The zero-order valence-corrected chi connectivity index (χ0v) is 12.1. The van der Waals surface area contributed by atoms with Gasteiger partial charge in [0.15, 0.2) is 11.5 Å². The Morgan fingerprint density at radius 1 is 1.30 bits per heavy atom. The van der Waals surface area contributed by atoms with E-state index in [1.165, 1.54) is 0 Å². The minimum atomic E-state index is 0.145. The van der Waals surface area contributed by atoms with Gasteiger partial charge in [0, 0.05) is 18.3 Å². The molecule has 0 aliphatic carbocycles. The highest BCUT2D eigenvalue weighted by atomic mass is 16.5. The number of rotatable bonds is 5. The Hall–Kier alpha value is -2.07. The number of benzene rings is 1. The molecule has 0 fully saturated rings. The lowest BCUT2D eigenvalue weighted by Gasteiger charge is -2.15. The molecule has 20 heavy (non-hydrogen) atoms. The molecule has 0 aliphatic rings. The Labute approximate surface area is 119 Å². The quantitative estimate of drug-likeness (QED) is 0.878. The molecular weight excluding hydrogens is 252 g/mol. The molecule has 1 aromatic carbocycles. The Kier molecular flexibility index (Phi) is 4.58. The molecule has 106 valence electrons. The fraction of sp³-hybridized carbons (Fsp3) is 0.312. The van der Waals surface area contributed by atoms with Crippen molar-refractivity contribution in [3.8, 4) is 11.5 Å². The summed E-state index contributed by atoms with van der Waals surface area (Å²) in [6.45, 7) is 4.76. The first kappa shape index (κ1) is 14.3. The van der Waals surface area contributed by atoms with Gasteiger partial charge in [-0.25, -0.2) is 0 Å². The second kappa shape index (κ2) is 6.39. The van der Waals surface area contributed by atoms with Gasteiger partial charge in [-0.05, 0) is 43.7 Å². The van der Waals surface area contributed by atoms with E-state index in [1.54, 1.807) is 13.2 Å². The van der Waals surface area contributed by atoms with Crippen molar-refractivity contribution in [3.63, 3.8) is 0 Å². The van der Waals surface area contributed by atoms with Crippen LogP contribution in [0.4, 0.5) is 0 Å². The largest absolute Gasteiger partial charge is 0.504 e. The first-order valence-electron chi connectivity index (χ1n) is 6.63. The van der Waals surface area contributed by atoms with Crippen molar-refractivity contribution >= 4 is 0 Å². The number of phenolic OH excluding ortho intramolecular Hbond substituents is 1. The van der Waals surface area contributed by atoms with Crippen LogP contribution in [-0.2, 0) is 6.54 Å². The topological polar surface area (TPSA) is 54.4 Å². The van der Waals surface area contributed by atoms with Gasteiger partial charge in [0.05, 0.1) is 12.8 Å². The molecule has 1 aromatic heterocycles. The van der Waals surface area contributed by atoms with Gasteiger partial charge in [-0.1, -0.05) is 12.1 Å². The minimum Gasteiger partial charge on any atom is -0.504 e. The highest BCUT2D eigenvalue weighted by Crippen LogP contribution is 2.28. The summed E-state index contributed by atoms with van der Waals surface area (Å²) in [7, 11) is 1.55. The molecule has 2 rings (SSSR count). The van der Waals surface area contributed by atoms with E-state index in [1.807, 2.05) is 37.3 Å². The average molecular weight is 272 g/mol. The third kappa shape index (κ3) is 3.48. The third-order valence-corrected chi connectivity index (χ3v) is 3.24. The molecule has 1 unspecified atom stereocenters. The Bertz CT molecular complexity index is 584. The number of hydrogen-bond acceptors (Lipinski definition) is 4. The zero-order valence-electron chi connectivity index (χ0n) is 12.1. The van der Waals surface area contributed by atoms with Gasteiger partial charge in [0.1, 0.15) is 0 Å². The molecule has 1 atom stereocenters. The summed E-state index contributed by atoms with van der Waals surface area (Å²) < 4.78 is 5.12. The number of aryl methyl sites for hydroxylation is 1. The summed E-state index contributed by atoms with van der Waals surface area (Å²) in [6.07, 6.45) is 0. The maximum Gasteiger partial charge on any atom is 0.160 e. The van der Waals surface area contributed by atoms with Crippen molar-refractivity contribution in [1.29, 1.82) is 0 Å². The van der Waals surface area contributed by atoms with Crippen molar-refractivity contribution in [2.24, 2.45) is 0 Å². The van der Waals surface area contributed by atoms with Crippen LogP contribution in [0.3, 0.4) is 0 Å². The molecule has 0 spiro atoms. The number of aromatic nitrogens is 1. The van der Waals surface area contributed by atoms with Crippen LogP contribution in [0.1, 0.15) is 29.9 Å². The van der Waals surface area contributed by atoms with Crippen LogP contribution in [0, 0.1) is 6.92 Å². The van der Waals surface area contributed by atoms with Gasteiger partial charge in [-0.2, -0.15) is 0 Å². The van der Waals surface area contributed by atoms with E-state index in [4.69, 9.17) is 4.74 Å².